The highest BCUT2D eigenvalue weighted by molar-refractivity contribution is 14.1. The molecule has 0 heterocycles. The van der Waals surface area contributed by atoms with Crippen LogP contribution in [0.15, 0.2) is 46.9 Å². The average Bonchev–Trinajstić information content (AvgIpc) is 2.42. The lowest BCUT2D eigenvalue weighted by Gasteiger charge is -2.14. The molecule has 0 saturated carbocycles. The van der Waals surface area contributed by atoms with Crippen molar-refractivity contribution in [3.8, 4) is 5.75 Å². The van der Waals surface area contributed by atoms with Crippen molar-refractivity contribution in [2.24, 2.45) is 0 Å². The summed E-state index contributed by atoms with van der Waals surface area (Å²) in [4.78, 5) is 0.173. The highest BCUT2D eigenvalue weighted by Gasteiger charge is 2.14. The van der Waals surface area contributed by atoms with Gasteiger partial charge >= 0.3 is 0 Å². The molecule has 1 unspecified atom stereocenters. The van der Waals surface area contributed by atoms with Crippen molar-refractivity contribution >= 4 is 54.5 Å². The first kappa shape index (κ1) is 15.3. The zero-order chi connectivity index (χ0) is 13.8. The number of rotatable bonds is 4. The molecule has 0 fully saturated rings. The topological polar surface area (TPSA) is 9.23 Å². The Morgan fingerprint density at radius 1 is 1.16 bits per heavy atom. The number of alkyl halides is 1. The summed E-state index contributed by atoms with van der Waals surface area (Å²) < 4.78 is 7.81. The third-order valence-corrected chi connectivity index (χ3v) is 5.13. The molecule has 19 heavy (non-hydrogen) atoms. The predicted molar refractivity (Wildman–Crippen MR) is 95.2 cm³/mol. The average molecular weight is 496 g/mol. The van der Waals surface area contributed by atoms with E-state index in [2.05, 4.69) is 84.8 Å². The van der Waals surface area contributed by atoms with E-state index >= 15 is 0 Å². The minimum atomic E-state index is 0.173. The monoisotopic (exact) mass is 494 g/mol. The Morgan fingerprint density at radius 2 is 1.84 bits per heavy atom. The van der Waals surface area contributed by atoms with Crippen LogP contribution in [0.4, 0.5) is 0 Å². The van der Waals surface area contributed by atoms with Crippen LogP contribution in [0.25, 0.3) is 0 Å². The van der Waals surface area contributed by atoms with Crippen molar-refractivity contribution in [2.45, 2.75) is 11.8 Å². The van der Waals surface area contributed by atoms with Gasteiger partial charge in [-0.25, -0.2) is 0 Å². The summed E-state index contributed by atoms with van der Waals surface area (Å²) in [5.74, 6) is 0.910. The van der Waals surface area contributed by atoms with Crippen LogP contribution >= 0.6 is 54.5 Å². The Kier molecular flexibility index (Phi) is 5.71. The van der Waals surface area contributed by atoms with Crippen molar-refractivity contribution in [1.29, 1.82) is 0 Å². The fourth-order valence-electron chi connectivity index (χ4n) is 1.79. The summed E-state index contributed by atoms with van der Waals surface area (Å²) in [5, 5.41) is 0. The summed E-state index contributed by atoms with van der Waals surface area (Å²) in [7, 11) is 0. The first-order valence-electron chi connectivity index (χ1n) is 5.93. The van der Waals surface area contributed by atoms with Gasteiger partial charge in [-0.3, -0.25) is 0 Å². The van der Waals surface area contributed by atoms with E-state index in [1.165, 1.54) is 14.7 Å². The van der Waals surface area contributed by atoms with Crippen LogP contribution in [0.1, 0.15) is 22.9 Å². The molecule has 2 rings (SSSR count). The summed E-state index contributed by atoms with van der Waals surface area (Å²) >= 11 is 9.71. The van der Waals surface area contributed by atoms with Crippen LogP contribution in [0.3, 0.4) is 0 Å². The molecule has 0 aromatic heterocycles. The van der Waals surface area contributed by atoms with Gasteiger partial charge in [0.2, 0.25) is 0 Å². The first-order chi connectivity index (χ1) is 9.11. The predicted octanol–water partition coefficient (Wildman–Crippen LogP) is 5.94. The van der Waals surface area contributed by atoms with E-state index in [0.29, 0.717) is 6.61 Å². The second-order valence-electron chi connectivity index (χ2n) is 4.03. The van der Waals surface area contributed by atoms with Crippen molar-refractivity contribution < 1.29 is 4.74 Å². The molecule has 0 aliphatic heterocycles. The lowest BCUT2D eigenvalue weighted by atomic mass is 10.0. The van der Waals surface area contributed by atoms with E-state index in [4.69, 9.17) is 4.74 Å². The maximum atomic E-state index is 5.46. The molecule has 0 radical (unpaired) electrons. The number of hydrogen-bond donors (Lipinski definition) is 0. The van der Waals surface area contributed by atoms with Gasteiger partial charge in [0, 0.05) is 8.04 Å². The molecule has 0 bridgehead atoms. The van der Waals surface area contributed by atoms with Crippen molar-refractivity contribution in [3.05, 3.63) is 61.6 Å². The third-order valence-electron chi connectivity index (χ3n) is 2.71. The maximum Gasteiger partial charge on any atom is 0.119 e. The molecule has 4 heteroatoms. The van der Waals surface area contributed by atoms with Gasteiger partial charge < -0.3 is 4.74 Å². The van der Waals surface area contributed by atoms with Crippen LogP contribution < -0.4 is 4.74 Å². The minimum Gasteiger partial charge on any atom is -0.494 e. The summed E-state index contributed by atoms with van der Waals surface area (Å²) in [6, 6.07) is 14.6. The number of hydrogen-bond acceptors (Lipinski definition) is 1. The van der Waals surface area contributed by atoms with Crippen molar-refractivity contribution in [2.75, 3.05) is 6.61 Å². The molecule has 100 valence electrons. The summed E-state index contributed by atoms with van der Waals surface area (Å²) in [6.45, 7) is 2.68. The number of halogens is 3. The first-order valence-corrected chi connectivity index (χ1v) is 8.72. The number of ether oxygens (including phenoxy) is 1. The molecule has 1 atom stereocenters. The highest BCUT2D eigenvalue weighted by Crippen LogP contribution is 2.36. The zero-order valence-electron chi connectivity index (χ0n) is 10.4. The molecule has 0 aliphatic rings. The van der Waals surface area contributed by atoms with E-state index in [1.807, 2.05) is 19.1 Å². The minimum absolute atomic E-state index is 0.173. The van der Waals surface area contributed by atoms with E-state index in [0.717, 1.165) is 10.2 Å². The maximum absolute atomic E-state index is 5.46. The van der Waals surface area contributed by atoms with Gasteiger partial charge in [0.1, 0.15) is 5.75 Å². The largest absolute Gasteiger partial charge is 0.494 e. The van der Waals surface area contributed by atoms with Gasteiger partial charge in [-0.15, -0.1) is 0 Å². The second-order valence-corrected chi connectivity index (χ2v) is 7.05. The Labute approximate surface area is 144 Å². The van der Waals surface area contributed by atoms with Crippen molar-refractivity contribution in [3.63, 3.8) is 0 Å². The van der Waals surface area contributed by atoms with Gasteiger partial charge in [-0.1, -0.05) is 44.0 Å². The lowest BCUT2D eigenvalue weighted by Crippen LogP contribution is -1.96. The fourth-order valence-corrected chi connectivity index (χ4v) is 3.77. The Hall–Kier alpha value is -0.0700. The van der Waals surface area contributed by atoms with E-state index in [9.17, 15) is 0 Å². The van der Waals surface area contributed by atoms with Crippen LogP contribution in [0.5, 0.6) is 5.75 Å². The quantitative estimate of drug-likeness (QED) is 0.377. The standard InChI is InChI=1S/C15H13Br2IO/c1-2-19-12-6-3-10(4-7-12)15(17)13-9-11(18)5-8-14(13)16/h3-9,15H,2H2,1H3. The highest BCUT2D eigenvalue weighted by atomic mass is 127. The molecule has 1 nitrogen and oxygen atoms in total. The smallest absolute Gasteiger partial charge is 0.119 e. The zero-order valence-corrected chi connectivity index (χ0v) is 15.7. The van der Waals surface area contributed by atoms with Crippen LogP contribution in [-0.2, 0) is 0 Å². The molecule has 0 aliphatic carbocycles. The molecule has 2 aromatic carbocycles. The molecule has 0 saturated heterocycles. The molecule has 0 N–H and O–H groups in total. The fraction of sp³-hybridized carbons (Fsp3) is 0.200. The van der Waals surface area contributed by atoms with E-state index < -0.39 is 0 Å². The van der Waals surface area contributed by atoms with Crippen molar-refractivity contribution in [1.82, 2.24) is 0 Å². The summed E-state index contributed by atoms with van der Waals surface area (Å²) in [5.41, 5.74) is 2.45. The normalized spacial score (nSPS) is 12.2. The van der Waals surface area contributed by atoms with Crippen LogP contribution in [0.2, 0.25) is 0 Å². The number of benzene rings is 2. The van der Waals surface area contributed by atoms with Crippen LogP contribution in [0, 0.1) is 3.57 Å². The third kappa shape index (κ3) is 3.95. The van der Waals surface area contributed by atoms with E-state index in [-0.39, 0.29) is 4.83 Å². The van der Waals surface area contributed by atoms with Gasteiger partial charge in [-0.2, -0.15) is 0 Å². The van der Waals surface area contributed by atoms with Gasteiger partial charge in [0.15, 0.2) is 0 Å². The van der Waals surface area contributed by atoms with Gasteiger partial charge in [-0.05, 0) is 71.0 Å². The second kappa shape index (κ2) is 7.09. The molecular weight excluding hydrogens is 483 g/mol. The Bertz CT molecular complexity index is 555. The SMILES string of the molecule is CCOc1ccc(C(Br)c2cc(I)ccc2Br)cc1. The van der Waals surface area contributed by atoms with Gasteiger partial charge in [0.25, 0.3) is 0 Å². The van der Waals surface area contributed by atoms with E-state index in [1.54, 1.807) is 0 Å². The van der Waals surface area contributed by atoms with Gasteiger partial charge in [0.05, 0.1) is 11.4 Å². The molecular formula is C15H13Br2IO. The molecule has 0 spiro atoms. The lowest BCUT2D eigenvalue weighted by molar-refractivity contribution is 0.340. The Morgan fingerprint density at radius 3 is 2.47 bits per heavy atom. The molecule has 0 amide bonds. The summed E-state index contributed by atoms with van der Waals surface area (Å²) in [6.07, 6.45) is 0. The molecule has 2 aromatic rings. The Balaban J connectivity index is 2.27. The van der Waals surface area contributed by atoms with Crippen LogP contribution in [-0.4, -0.2) is 6.61 Å².